The number of piperidine rings is 1. The molecule has 0 amide bonds. The van der Waals surface area contributed by atoms with Crippen LogP contribution in [0.3, 0.4) is 0 Å². The van der Waals surface area contributed by atoms with E-state index in [1.807, 2.05) is 6.07 Å². The van der Waals surface area contributed by atoms with Crippen molar-refractivity contribution < 1.29 is 8.42 Å². The second kappa shape index (κ2) is 6.52. The standard InChI is InChI=1S/C15H21N3O2S2/c1-17-12-15(11-16-17)22(19,20)18-9-3-2-5-13(18)7-8-14-6-4-10-21-14/h4,6,10-13H,2-3,5,7-9H2,1H3/t13-/m0/s1. The van der Waals surface area contributed by atoms with Gasteiger partial charge in [-0.25, -0.2) is 8.42 Å². The van der Waals surface area contributed by atoms with Crippen LogP contribution in [0.1, 0.15) is 30.6 Å². The van der Waals surface area contributed by atoms with E-state index in [0.717, 1.165) is 32.1 Å². The topological polar surface area (TPSA) is 55.2 Å². The summed E-state index contributed by atoms with van der Waals surface area (Å²) in [7, 11) is -1.69. The third-order valence-corrected chi connectivity index (χ3v) is 7.01. The number of hydrogen-bond acceptors (Lipinski definition) is 4. The number of sulfonamides is 1. The van der Waals surface area contributed by atoms with Crippen LogP contribution >= 0.6 is 11.3 Å². The Morgan fingerprint density at radius 1 is 1.41 bits per heavy atom. The molecule has 0 spiro atoms. The fraction of sp³-hybridized carbons (Fsp3) is 0.533. The Morgan fingerprint density at radius 2 is 2.27 bits per heavy atom. The molecule has 1 aliphatic rings. The van der Waals surface area contributed by atoms with Crippen LogP contribution in [-0.4, -0.2) is 35.1 Å². The van der Waals surface area contributed by atoms with E-state index in [2.05, 4.69) is 16.5 Å². The summed E-state index contributed by atoms with van der Waals surface area (Å²) in [5.41, 5.74) is 0. The van der Waals surface area contributed by atoms with Crippen LogP contribution in [0.15, 0.2) is 34.8 Å². The van der Waals surface area contributed by atoms with Crippen LogP contribution in [-0.2, 0) is 23.5 Å². The summed E-state index contributed by atoms with van der Waals surface area (Å²) in [5, 5.41) is 6.07. The zero-order valence-corrected chi connectivity index (χ0v) is 14.3. The third kappa shape index (κ3) is 3.26. The monoisotopic (exact) mass is 339 g/mol. The molecule has 0 bridgehead atoms. The largest absolute Gasteiger partial charge is 0.274 e. The van der Waals surface area contributed by atoms with Crippen molar-refractivity contribution in [2.45, 2.75) is 43.0 Å². The molecule has 22 heavy (non-hydrogen) atoms. The van der Waals surface area contributed by atoms with E-state index in [9.17, 15) is 8.42 Å². The van der Waals surface area contributed by atoms with Gasteiger partial charge in [0.05, 0.1) is 6.20 Å². The fourth-order valence-electron chi connectivity index (χ4n) is 3.01. The smallest absolute Gasteiger partial charge is 0.246 e. The molecular weight excluding hydrogens is 318 g/mol. The van der Waals surface area contributed by atoms with Gasteiger partial charge in [-0.05, 0) is 37.1 Å². The first-order chi connectivity index (χ1) is 10.6. The predicted octanol–water partition coefficient (Wildman–Crippen LogP) is 2.66. The van der Waals surface area contributed by atoms with Crippen molar-refractivity contribution >= 4 is 21.4 Å². The van der Waals surface area contributed by atoms with Gasteiger partial charge >= 0.3 is 0 Å². The van der Waals surface area contributed by atoms with Crippen molar-refractivity contribution in [2.24, 2.45) is 7.05 Å². The molecule has 3 rings (SSSR count). The third-order valence-electron chi connectivity index (χ3n) is 4.16. The lowest BCUT2D eigenvalue weighted by Crippen LogP contribution is -2.43. The van der Waals surface area contributed by atoms with Crippen molar-refractivity contribution in [3.8, 4) is 0 Å². The number of hydrogen-bond donors (Lipinski definition) is 0. The highest BCUT2D eigenvalue weighted by atomic mass is 32.2. The Morgan fingerprint density at radius 3 is 2.95 bits per heavy atom. The minimum absolute atomic E-state index is 0.0982. The van der Waals surface area contributed by atoms with E-state index in [4.69, 9.17) is 0 Å². The minimum atomic E-state index is -3.43. The molecule has 0 unspecified atom stereocenters. The number of aryl methyl sites for hydroxylation is 2. The van der Waals surface area contributed by atoms with Gasteiger partial charge in [-0.15, -0.1) is 11.3 Å². The Balaban J connectivity index is 1.77. The van der Waals surface area contributed by atoms with Gasteiger partial charge in [0.25, 0.3) is 0 Å². The molecule has 5 nitrogen and oxygen atoms in total. The summed E-state index contributed by atoms with van der Waals surface area (Å²) < 4.78 is 28.9. The number of nitrogens with zero attached hydrogens (tertiary/aromatic N) is 3. The summed E-state index contributed by atoms with van der Waals surface area (Å²) in [6.07, 6.45) is 7.86. The van der Waals surface area contributed by atoms with E-state index < -0.39 is 10.0 Å². The maximum atomic E-state index is 12.8. The van der Waals surface area contributed by atoms with Gasteiger partial charge in [-0.3, -0.25) is 4.68 Å². The highest BCUT2D eigenvalue weighted by Crippen LogP contribution is 2.28. The second-order valence-corrected chi connectivity index (χ2v) is 8.66. The van der Waals surface area contributed by atoms with Crippen molar-refractivity contribution in [2.75, 3.05) is 6.54 Å². The average molecular weight is 339 g/mol. The predicted molar refractivity (Wildman–Crippen MR) is 87.4 cm³/mol. The van der Waals surface area contributed by atoms with Crippen LogP contribution < -0.4 is 0 Å². The first-order valence-corrected chi connectivity index (χ1v) is 9.92. The minimum Gasteiger partial charge on any atom is -0.274 e. The molecule has 0 aromatic carbocycles. The molecule has 0 radical (unpaired) electrons. The van der Waals surface area contributed by atoms with Crippen LogP contribution in [0.25, 0.3) is 0 Å². The van der Waals surface area contributed by atoms with Gasteiger partial charge < -0.3 is 0 Å². The Hall–Kier alpha value is -1.18. The molecule has 3 heterocycles. The van der Waals surface area contributed by atoms with E-state index in [1.54, 1.807) is 28.9 Å². The molecule has 2 aromatic rings. The lowest BCUT2D eigenvalue weighted by Gasteiger charge is -2.34. The molecule has 0 N–H and O–H groups in total. The maximum Gasteiger partial charge on any atom is 0.246 e. The van der Waals surface area contributed by atoms with E-state index in [1.165, 1.54) is 15.8 Å². The molecule has 120 valence electrons. The second-order valence-electron chi connectivity index (χ2n) is 5.73. The lowest BCUT2D eigenvalue weighted by atomic mass is 10.0. The molecule has 1 saturated heterocycles. The highest BCUT2D eigenvalue weighted by molar-refractivity contribution is 7.89. The van der Waals surface area contributed by atoms with Crippen molar-refractivity contribution in [1.29, 1.82) is 0 Å². The SMILES string of the molecule is Cn1cc(S(=O)(=O)N2CCCC[C@H]2CCc2cccs2)cn1. The molecular formula is C15H21N3O2S2. The zero-order valence-electron chi connectivity index (χ0n) is 12.7. The molecule has 7 heteroatoms. The van der Waals surface area contributed by atoms with Gasteiger partial charge in [0.2, 0.25) is 10.0 Å². The number of thiophene rings is 1. The summed E-state index contributed by atoms with van der Waals surface area (Å²) in [6.45, 7) is 0.617. The Labute approximate surface area is 135 Å². The Bertz CT molecular complexity index is 707. The van der Waals surface area contributed by atoms with Gasteiger partial charge in [0.15, 0.2) is 0 Å². The van der Waals surface area contributed by atoms with Crippen LogP contribution in [0, 0.1) is 0 Å². The molecule has 2 aromatic heterocycles. The zero-order chi connectivity index (χ0) is 15.6. The van der Waals surface area contributed by atoms with Crippen molar-refractivity contribution in [1.82, 2.24) is 14.1 Å². The summed E-state index contributed by atoms with van der Waals surface area (Å²) >= 11 is 1.74. The molecule has 0 aliphatic carbocycles. The Kier molecular flexibility index (Phi) is 4.65. The van der Waals surface area contributed by atoms with E-state index >= 15 is 0 Å². The fourth-order valence-corrected chi connectivity index (χ4v) is 5.44. The summed E-state index contributed by atoms with van der Waals surface area (Å²) in [5.74, 6) is 0. The maximum absolute atomic E-state index is 12.8. The number of rotatable bonds is 5. The molecule has 1 aliphatic heterocycles. The van der Waals surface area contributed by atoms with Gasteiger partial charge in [0.1, 0.15) is 4.90 Å². The first kappa shape index (κ1) is 15.7. The van der Waals surface area contributed by atoms with Crippen LogP contribution in [0.2, 0.25) is 0 Å². The average Bonchev–Trinajstić information content (AvgIpc) is 3.17. The van der Waals surface area contributed by atoms with Gasteiger partial charge in [-0.2, -0.15) is 9.40 Å². The lowest BCUT2D eigenvalue weighted by molar-refractivity contribution is 0.241. The molecule has 1 fully saturated rings. The van der Waals surface area contributed by atoms with Crippen molar-refractivity contribution in [3.63, 3.8) is 0 Å². The quantitative estimate of drug-likeness (QED) is 0.841. The van der Waals surface area contributed by atoms with Crippen molar-refractivity contribution in [3.05, 3.63) is 34.8 Å². The summed E-state index contributed by atoms with van der Waals surface area (Å²) in [6, 6.07) is 4.26. The van der Waals surface area contributed by atoms with E-state index in [-0.39, 0.29) is 6.04 Å². The van der Waals surface area contributed by atoms with Gasteiger partial charge in [-0.1, -0.05) is 12.5 Å². The summed E-state index contributed by atoms with van der Waals surface area (Å²) in [4.78, 5) is 1.63. The normalized spacial score (nSPS) is 20.3. The number of aromatic nitrogens is 2. The van der Waals surface area contributed by atoms with E-state index in [0.29, 0.717) is 11.4 Å². The highest BCUT2D eigenvalue weighted by Gasteiger charge is 2.33. The molecule has 1 atom stereocenters. The van der Waals surface area contributed by atoms with Gasteiger partial charge in [0, 0.05) is 30.7 Å². The van der Waals surface area contributed by atoms with Crippen LogP contribution in [0.5, 0.6) is 0 Å². The molecule has 0 saturated carbocycles. The van der Waals surface area contributed by atoms with Crippen LogP contribution in [0.4, 0.5) is 0 Å². The first-order valence-electron chi connectivity index (χ1n) is 7.60.